The van der Waals surface area contributed by atoms with Crippen LogP contribution in [-0.4, -0.2) is 11.8 Å². The first kappa shape index (κ1) is 18.4. The van der Waals surface area contributed by atoms with Crippen molar-refractivity contribution in [1.29, 1.82) is 0 Å². The topological polar surface area (TPSA) is 85.3 Å². The molecule has 5 nitrogen and oxygen atoms in total. The van der Waals surface area contributed by atoms with Crippen LogP contribution < -0.4 is 11.1 Å². The highest BCUT2D eigenvalue weighted by molar-refractivity contribution is 5.92. The van der Waals surface area contributed by atoms with Gasteiger partial charge in [0, 0.05) is 24.9 Å². The maximum absolute atomic E-state index is 13.8. The highest BCUT2D eigenvalue weighted by Crippen LogP contribution is 2.25. The fourth-order valence-electron chi connectivity index (χ4n) is 2.68. The third kappa shape index (κ3) is 4.82. The van der Waals surface area contributed by atoms with Crippen LogP contribution in [0.5, 0.6) is 0 Å². The van der Waals surface area contributed by atoms with Crippen LogP contribution in [0.2, 0.25) is 0 Å². The van der Waals surface area contributed by atoms with Gasteiger partial charge in [-0.05, 0) is 42.0 Å². The minimum absolute atomic E-state index is 0.150. The van der Waals surface area contributed by atoms with Crippen LogP contribution in [0.4, 0.5) is 4.39 Å². The summed E-state index contributed by atoms with van der Waals surface area (Å²) in [5, 5.41) is 2.79. The van der Waals surface area contributed by atoms with E-state index in [0.29, 0.717) is 35.6 Å². The molecule has 6 heteroatoms. The van der Waals surface area contributed by atoms with Crippen molar-refractivity contribution >= 4 is 11.8 Å². The average molecular weight is 366 g/mol. The van der Waals surface area contributed by atoms with Gasteiger partial charge in [-0.1, -0.05) is 24.3 Å². The van der Waals surface area contributed by atoms with Crippen molar-refractivity contribution < 1.29 is 18.4 Å². The Bertz CT molecular complexity index is 965. The number of rotatable bonds is 7. The number of nitrogens with one attached hydrogen (secondary N) is 1. The summed E-state index contributed by atoms with van der Waals surface area (Å²) >= 11 is 0. The maximum atomic E-state index is 13.8. The Balaban J connectivity index is 1.52. The summed E-state index contributed by atoms with van der Waals surface area (Å²) in [5.74, 6) is 0.0372. The fraction of sp³-hybridized carbons (Fsp3) is 0.143. The van der Waals surface area contributed by atoms with Gasteiger partial charge in [0.25, 0.3) is 0 Å². The van der Waals surface area contributed by atoms with E-state index in [9.17, 15) is 14.0 Å². The molecule has 138 valence electrons. The lowest BCUT2D eigenvalue weighted by Crippen LogP contribution is -2.23. The first-order chi connectivity index (χ1) is 13.0. The van der Waals surface area contributed by atoms with E-state index in [4.69, 9.17) is 10.2 Å². The van der Waals surface area contributed by atoms with Crippen LogP contribution >= 0.6 is 0 Å². The molecule has 0 unspecified atom stereocenters. The van der Waals surface area contributed by atoms with Crippen molar-refractivity contribution in [3.63, 3.8) is 0 Å². The van der Waals surface area contributed by atoms with E-state index in [-0.39, 0.29) is 18.1 Å². The van der Waals surface area contributed by atoms with Gasteiger partial charge in [0.05, 0.1) is 5.56 Å². The third-order valence-corrected chi connectivity index (χ3v) is 4.10. The summed E-state index contributed by atoms with van der Waals surface area (Å²) in [7, 11) is 0. The van der Waals surface area contributed by atoms with Gasteiger partial charge in [-0.3, -0.25) is 9.59 Å². The Kier molecular flexibility index (Phi) is 5.66. The number of carbonyl (C=O) groups is 2. The standard InChI is InChI=1S/C21H19FN2O3/c22-18-7-2-1-6-17(18)19-10-8-16(27-19)9-11-20(25)24-13-14-4-3-5-15(12-14)21(23)26/h1-8,10,12H,9,11,13H2,(H2,23,26)(H,24,25). The summed E-state index contributed by atoms with van der Waals surface area (Å²) in [6, 6.07) is 16.6. The van der Waals surface area contributed by atoms with Gasteiger partial charge in [-0.2, -0.15) is 0 Å². The van der Waals surface area contributed by atoms with E-state index < -0.39 is 5.91 Å². The zero-order valence-electron chi connectivity index (χ0n) is 14.6. The van der Waals surface area contributed by atoms with Crippen LogP contribution in [0.1, 0.15) is 28.1 Å². The van der Waals surface area contributed by atoms with Crippen molar-refractivity contribution in [2.45, 2.75) is 19.4 Å². The monoisotopic (exact) mass is 366 g/mol. The number of furan rings is 1. The van der Waals surface area contributed by atoms with E-state index >= 15 is 0 Å². The molecule has 0 spiro atoms. The molecule has 0 radical (unpaired) electrons. The number of nitrogens with two attached hydrogens (primary N) is 1. The Morgan fingerprint density at radius 3 is 2.63 bits per heavy atom. The average Bonchev–Trinajstić information content (AvgIpc) is 3.14. The Labute approximate surface area is 156 Å². The molecule has 3 N–H and O–H groups in total. The normalized spacial score (nSPS) is 10.6. The van der Waals surface area contributed by atoms with E-state index in [1.807, 2.05) is 0 Å². The Morgan fingerprint density at radius 1 is 1.04 bits per heavy atom. The van der Waals surface area contributed by atoms with Gasteiger partial charge in [0.1, 0.15) is 17.3 Å². The summed E-state index contributed by atoms with van der Waals surface area (Å²) in [4.78, 5) is 23.2. The van der Waals surface area contributed by atoms with Crippen molar-refractivity contribution in [1.82, 2.24) is 5.32 Å². The smallest absolute Gasteiger partial charge is 0.248 e. The Hall–Kier alpha value is -3.41. The molecule has 0 bridgehead atoms. The van der Waals surface area contributed by atoms with Crippen molar-refractivity contribution in [2.24, 2.45) is 5.73 Å². The number of benzene rings is 2. The molecule has 27 heavy (non-hydrogen) atoms. The SMILES string of the molecule is NC(=O)c1cccc(CNC(=O)CCc2ccc(-c3ccccc3F)o2)c1. The lowest BCUT2D eigenvalue weighted by molar-refractivity contribution is -0.121. The molecule has 0 saturated heterocycles. The van der Waals surface area contributed by atoms with Gasteiger partial charge in [-0.15, -0.1) is 0 Å². The van der Waals surface area contributed by atoms with E-state index in [0.717, 1.165) is 5.56 Å². The van der Waals surface area contributed by atoms with Crippen LogP contribution in [0.3, 0.4) is 0 Å². The van der Waals surface area contributed by atoms with Crippen molar-refractivity contribution in [3.05, 3.63) is 83.4 Å². The number of amides is 2. The summed E-state index contributed by atoms with van der Waals surface area (Å²) in [6.07, 6.45) is 0.640. The van der Waals surface area contributed by atoms with Crippen molar-refractivity contribution in [2.75, 3.05) is 0 Å². The molecule has 0 fully saturated rings. The molecule has 3 rings (SSSR count). The molecule has 3 aromatic rings. The van der Waals surface area contributed by atoms with Gasteiger partial charge in [-0.25, -0.2) is 4.39 Å². The molecule has 2 aromatic carbocycles. The molecule has 1 aromatic heterocycles. The van der Waals surface area contributed by atoms with Crippen LogP contribution in [0, 0.1) is 5.82 Å². The lowest BCUT2D eigenvalue weighted by Gasteiger charge is -2.06. The minimum atomic E-state index is -0.508. The lowest BCUT2D eigenvalue weighted by atomic mass is 10.1. The van der Waals surface area contributed by atoms with Gasteiger partial charge in [0.15, 0.2) is 0 Å². The largest absolute Gasteiger partial charge is 0.461 e. The predicted molar refractivity (Wildman–Crippen MR) is 99.2 cm³/mol. The van der Waals surface area contributed by atoms with E-state index in [2.05, 4.69) is 5.32 Å². The molecule has 1 heterocycles. The number of carbonyl (C=O) groups excluding carboxylic acids is 2. The van der Waals surface area contributed by atoms with Crippen LogP contribution in [0.15, 0.2) is 65.1 Å². The van der Waals surface area contributed by atoms with E-state index in [1.54, 1.807) is 54.6 Å². The first-order valence-corrected chi connectivity index (χ1v) is 8.52. The maximum Gasteiger partial charge on any atom is 0.248 e. The number of hydrogen-bond donors (Lipinski definition) is 2. The quantitative estimate of drug-likeness (QED) is 0.672. The van der Waals surface area contributed by atoms with E-state index in [1.165, 1.54) is 6.07 Å². The molecule has 0 aliphatic heterocycles. The minimum Gasteiger partial charge on any atom is -0.461 e. The zero-order valence-corrected chi connectivity index (χ0v) is 14.6. The van der Waals surface area contributed by atoms with Gasteiger partial charge >= 0.3 is 0 Å². The molecule has 0 saturated carbocycles. The second-order valence-corrected chi connectivity index (χ2v) is 6.09. The van der Waals surface area contributed by atoms with Crippen LogP contribution in [0.25, 0.3) is 11.3 Å². The molecule has 0 aliphatic rings. The van der Waals surface area contributed by atoms with Gasteiger partial charge < -0.3 is 15.5 Å². The third-order valence-electron chi connectivity index (χ3n) is 4.10. The predicted octanol–water partition coefficient (Wildman–Crippen LogP) is 3.43. The highest BCUT2D eigenvalue weighted by atomic mass is 19.1. The fourth-order valence-corrected chi connectivity index (χ4v) is 2.68. The van der Waals surface area contributed by atoms with Gasteiger partial charge in [0.2, 0.25) is 11.8 Å². The number of halogens is 1. The number of hydrogen-bond acceptors (Lipinski definition) is 3. The zero-order chi connectivity index (χ0) is 19.2. The molecule has 0 atom stereocenters. The molecule has 2 amide bonds. The summed E-state index contributed by atoms with van der Waals surface area (Å²) < 4.78 is 19.4. The Morgan fingerprint density at radius 2 is 1.85 bits per heavy atom. The first-order valence-electron chi connectivity index (χ1n) is 8.52. The number of primary amides is 1. The van der Waals surface area contributed by atoms with Crippen molar-refractivity contribution in [3.8, 4) is 11.3 Å². The summed E-state index contributed by atoms with van der Waals surface area (Å²) in [6.45, 7) is 0.304. The molecule has 0 aliphatic carbocycles. The second kappa shape index (κ2) is 8.31. The molecular formula is C21H19FN2O3. The molecular weight excluding hydrogens is 347 g/mol. The second-order valence-electron chi connectivity index (χ2n) is 6.09. The highest BCUT2D eigenvalue weighted by Gasteiger charge is 2.10. The summed E-state index contributed by atoms with van der Waals surface area (Å²) in [5.41, 5.74) is 6.83. The number of aryl methyl sites for hydroxylation is 1. The van der Waals surface area contributed by atoms with Crippen LogP contribution in [-0.2, 0) is 17.8 Å².